The van der Waals surface area contributed by atoms with Crippen LogP contribution in [-0.4, -0.2) is 38.7 Å². The number of likely N-dealkylation sites (tertiary alicyclic amines) is 1. The molecule has 6 heteroatoms. The number of rotatable bonds is 6. The Morgan fingerprint density at radius 3 is 2.80 bits per heavy atom. The molecule has 1 saturated heterocycles. The number of aromatic amines is 2. The molecule has 4 aromatic rings. The third kappa shape index (κ3) is 4.00. The second-order valence-electron chi connectivity index (χ2n) is 8.22. The van der Waals surface area contributed by atoms with Gasteiger partial charge in [-0.05, 0) is 61.8 Å². The molecule has 1 fully saturated rings. The van der Waals surface area contributed by atoms with Crippen LogP contribution in [0.2, 0.25) is 5.02 Å². The number of halogens is 1. The first-order valence-corrected chi connectivity index (χ1v) is 11.0. The second-order valence-corrected chi connectivity index (χ2v) is 8.66. The predicted octanol–water partition coefficient (Wildman–Crippen LogP) is 5.11. The monoisotopic (exact) mass is 420 g/mol. The van der Waals surface area contributed by atoms with E-state index in [0.29, 0.717) is 18.6 Å². The fourth-order valence-electron chi connectivity index (χ4n) is 4.51. The van der Waals surface area contributed by atoms with Gasteiger partial charge in [0.25, 0.3) is 0 Å². The lowest BCUT2D eigenvalue weighted by Crippen LogP contribution is -2.36. The molecule has 2 aromatic carbocycles. The smallest absolute Gasteiger partial charge is 0.136 e. The molecular weight excluding hydrogens is 396 g/mol. The van der Waals surface area contributed by atoms with Crippen molar-refractivity contribution >= 4 is 39.3 Å². The molecule has 154 valence electrons. The van der Waals surface area contributed by atoms with Gasteiger partial charge in [0.05, 0.1) is 11.0 Å². The van der Waals surface area contributed by atoms with Crippen LogP contribution in [0.5, 0.6) is 0 Å². The van der Waals surface area contributed by atoms with Gasteiger partial charge in [0, 0.05) is 47.4 Å². The highest BCUT2D eigenvalue weighted by atomic mass is 35.5. The minimum atomic E-state index is 0.169. The predicted molar refractivity (Wildman–Crippen MR) is 121 cm³/mol. The standard InChI is InChI=1S/C24H25ClN4O/c25-18-5-6-20-19(13-18)17(14-26-20)15-29-11-9-16(10-12-29)23(30)7-8-24-27-21-3-1-2-4-22(21)28-24/h1-6,13-14,16,26H,7-12,15H2,(H,27,28). The maximum absolute atomic E-state index is 12.7. The van der Waals surface area contributed by atoms with Crippen LogP contribution < -0.4 is 0 Å². The van der Waals surface area contributed by atoms with Crippen LogP contribution in [-0.2, 0) is 17.8 Å². The number of para-hydroxylation sites is 2. The highest BCUT2D eigenvalue weighted by Crippen LogP contribution is 2.26. The SMILES string of the molecule is O=C(CCc1nc2ccccc2[nH]1)C1CCN(Cc2c[nH]c3ccc(Cl)cc23)CC1. The number of imidazole rings is 1. The van der Waals surface area contributed by atoms with Crippen molar-refractivity contribution < 1.29 is 4.79 Å². The molecule has 0 aliphatic carbocycles. The number of hydrogen-bond donors (Lipinski definition) is 2. The molecule has 1 aliphatic rings. The van der Waals surface area contributed by atoms with E-state index in [2.05, 4.69) is 26.0 Å². The van der Waals surface area contributed by atoms with Crippen LogP contribution in [0.25, 0.3) is 21.9 Å². The third-order valence-electron chi connectivity index (χ3n) is 6.21. The zero-order valence-electron chi connectivity index (χ0n) is 16.8. The maximum Gasteiger partial charge on any atom is 0.136 e. The zero-order valence-corrected chi connectivity index (χ0v) is 17.6. The number of carbonyl (C=O) groups excluding carboxylic acids is 1. The molecule has 0 bridgehead atoms. The van der Waals surface area contributed by atoms with Crippen molar-refractivity contribution in [1.82, 2.24) is 19.9 Å². The summed E-state index contributed by atoms with van der Waals surface area (Å²) >= 11 is 6.17. The molecule has 0 spiro atoms. The van der Waals surface area contributed by atoms with Crippen molar-refractivity contribution in [3.63, 3.8) is 0 Å². The average molecular weight is 421 g/mol. The summed E-state index contributed by atoms with van der Waals surface area (Å²) in [5, 5.41) is 1.95. The molecule has 5 nitrogen and oxygen atoms in total. The van der Waals surface area contributed by atoms with E-state index in [1.807, 2.05) is 42.5 Å². The van der Waals surface area contributed by atoms with E-state index in [0.717, 1.165) is 59.9 Å². The summed E-state index contributed by atoms with van der Waals surface area (Å²) in [7, 11) is 0. The minimum Gasteiger partial charge on any atom is -0.361 e. The first-order chi connectivity index (χ1) is 14.7. The van der Waals surface area contributed by atoms with Gasteiger partial charge in [-0.15, -0.1) is 0 Å². The van der Waals surface area contributed by atoms with E-state index in [9.17, 15) is 4.79 Å². The maximum atomic E-state index is 12.7. The summed E-state index contributed by atoms with van der Waals surface area (Å²) in [6.45, 7) is 2.79. The quantitative estimate of drug-likeness (QED) is 0.455. The van der Waals surface area contributed by atoms with E-state index in [4.69, 9.17) is 11.6 Å². The summed E-state index contributed by atoms with van der Waals surface area (Å²) in [6.07, 6.45) is 5.19. The van der Waals surface area contributed by atoms with Gasteiger partial charge in [0.2, 0.25) is 0 Å². The van der Waals surface area contributed by atoms with E-state index < -0.39 is 0 Å². The lowest BCUT2D eigenvalue weighted by molar-refractivity contribution is -0.124. The van der Waals surface area contributed by atoms with Gasteiger partial charge in [-0.2, -0.15) is 0 Å². The number of ketones is 1. The zero-order chi connectivity index (χ0) is 20.5. The van der Waals surface area contributed by atoms with Crippen molar-refractivity contribution in [2.24, 2.45) is 5.92 Å². The number of piperidine rings is 1. The number of nitrogens with one attached hydrogen (secondary N) is 2. The van der Waals surface area contributed by atoms with Crippen molar-refractivity contribution in [3.8, 4) is 0 Å². The second kappa shape index (κ2) is 8.25. The summed E-state index contributed by atoms with van der Waals surface area (Å²) in [5.74, 6) is 1.44. The number of H-pyrrole nitrogens is 2. The fraction of sp³-hybridized carbons (Fsp3) is 0.333. The number of nitrogens with zero attached hydrogens (tertiary/aromatic N) is 2. The van der Waals surface area contributed by atoms with Crippen molar-refractivity contribution in [3.05, 3.63) is 65.1 Å². The Morgan fingerprint density at radius 2 is 1.97 bits per heavy atom. The summed E-state index contributed by atoms with van der Waals surface area (Å²) in [5.41, 5.74) is 4.38. The molecule has 1 aliphatic heterocycles. The van der Waals surface area contributed by atoms with Crippen LogP contribution in [0.1, 0.15) is 30.7 Å². The van der Waals surface area contributed by atoms with Crippen LogP contribution in [0.4, 0.5) is 0 Å². The van der Waals surface area contributed by atoms with E-state index in [1.54, 1.807) is 0 Å². The van der Waals surface area contributed by atoms with Gasteiger partial charge in [-0.1, -0.05) is 23.7 Å². The molecule has 30 heavy (non-hydrogen) atoms. The summed E-state index contributed by atoms with van der Waals surface area (Å²) < 4.78 is 0. The number of Topliss-reactive ketones (excluding diaryl/α,β-unsaturated/α-hetero) is 1. The topological polar surface area (TPSA) is 64.8 Å². The molecule has 0 amide bonds. The van der Waals surface area contributed by atoms with Crippen LogP contribution in [0.3, 0.4) is 0 Å². The van der Waals surface area contributed by atoms with Crippen molar-refractivity contribution in [2.45, 2.75) is 32.2 Å². The molecule has 0 saturated carbocycles. The van der Waals surface area contributed by atoms with E-state index >= 15 is 0 Å². The molecule has 0 radical (unpaired) electrons. The molecule has 2 N–H and O–H groups in total. The van der Waals surface area contributed by atoms with E-state index in [-0.39, 0.29) is 5.92 Å². The highest BCUT2D eigenvalue weighted by molar-refractivity contribution is 6.31. The Bertz CT molecular complexity index is 1150. The molecule has 0 unspecified atom stereocenters. The Balaban J connectivity index is 1.14. The van der Waals surface area contributed by atoms with Crippen molar-refractivity contribution in [1.29, 1.82) is 0 Å². The molecular formula is C24H25ClN4O. The molecule has 3 heterocycles. The number of benzene rings is 2. The summed E-state index contributed by atoms with van der Waals surface area (Å²) in [6, 6.07) is 13.9. The number of aryl methyl sites for hydroxylation is 1. The van der Waals surface area contributed by atoms with Gasteiger partial charge < -0.3 is 9.97 Å². The number of aromatic nitrogens is 3. The van der Waals surface area contributed by atoms with Gasteiger partial charge in [0.1, 0.15) is 11.6 Å². The van der Waals surface area contributed by atoms with Gasteiger partial charge in [0.15, 0.2) is 0 Å². The van der Waals surface area contributed by atoms with Gasteiger partial charge in [-0.3, -0.25) is 9.69 Å². The van der Waals surface area contributed by atoms with Gasteiger partial charge >= 0.3 is 0 Å². The molecule has 0 atom stereocenters. The van der Waals surface area contributed by atoms with Crippen LogP contribution in [0, 0.1) is 5.92 Å². The Labute approximate surface area is 180 Å². The number of hydrogen-bond acceptors (Lipinski definition) is 3. The largest absolute Gasteiger partial charge is 0.361 e. The minimum absolute atomic E-state index is 0.169. The molecule has 2 aromatic heterocycles. The number of carbonyl (C=O) groups is 1. The number of fused-ring (bicyclic) bond motifs is 2. The van der Waals surface area contributed by atoms with Crippen LogP contribution >= 0.6 is 11.6 Å². The fourth-order valence-corrected chi connectivity index (χ4v) is 4.68. The van der Waals surface area contributed by atoms with Gasteiger partial charge in [-0.25, -0.2) is 4.98 Å². The highest BCUT2D eigenvalue weighted by Gasteiger charge is 2.25. The van der Waals surface area contributed by atoms with Crippen molar-refractivity contribution in [2.75, 3.05) is 13.1 Å². The Kier molecular flexibility index (Phi) is 5.32. The normalized spacial score (nSPS) is 15.9. The lowest BCUT2D eigenvalue weighted by Gasteiger charge is -2.31. The van der Waals surface area contributed by atoms with E-state index in [1.165, 1.54) is 10.9 Å². The summed E-state index contributed by atoms with van der Waals surface area (Å²) in [4.78, 5) is 26.4. The third-order valence-corrected chi connectivity index (χ3v) is 6.45. The first kappa shape index (κ1) is 19.3. The lowest BCUT2D eigenvalue weighted by atomic mass is 9.90. The average Bonchev–Trinajstić information content (AvgIpc) is 3.36. The van der Waals surface area contributed by atoms with Crippen LogP contribution in [0.15, 0.2) is 48.7 Å². The molecule has 5 rings (SSSR count). The first-order valence-electron chi connectivity index (χ1n) is 10.6. The Hall–Kier alpha value is -2.63. The Morgan fingerprint density at radius 1 is 1.13 bits per heavy atom.